The average Bonchev–Trinajstić information content (AvgIpc) is 2.90. The zero-order chi connectivity index (χ0) is 13.8. The minimum Gasteiger partial charge on any atom is -0.496 e. The van der Waals surface area contributed by atoms with Crippen molar-refractivity contribution < 1.29 is 9.15 Å². The van der Waals surface area contributed by atoms with Crippen LogP contribution in [0.25, 0.3) is 0 Å². The second kappa shape index (κ2) is 5.80. The number of nitrogens with zero attached hydrogens (tertiary/aromatic N) is 1. The van der Waals surface area contributed by atoms with E-state index in [0.717, 1.165) is 29.1 Å². The average molecular weight is 260 g/mol. The molecule has 4 nitrogen and oxygen atoms in total. The highest BCUT2D eigenvalue weighted by Gasteiger charge is 2.16. The molecule has 19 heavy (non-hydrogen) atoms. The number of furan rings is 1. The Bertz CT molecular complexity index is 521. The summed E-state index contributed by atoms with van der Waals surface area (Å²) >= 11 is 0. The molecule has 1 aromatic carbocycles. The number of hydrogen-bond donors (Lipinski definition) is 1. The first-order valence-electron chi connectivity index (χ1n) is 6.28. The van der Waals surface area contributed by atoms with Gasteiger partial charge in [0, 0.05) is 36.4 Å². The van der Waals surface area contributed by atoms with Crippen LogP contribution >= 0.6 is 0 Å². The quantitative estimate of drug-likeness (QED) is 0.898. The fraction of sp³-hybridized carbons (Fsp3) is 0.333. The van der Waals surface area contributed by atoms with Crippen LogP contribution < -0.4 is 15.4 Å². The molecule has 0 aliphatic carbocycles. The number of methoxy groups -OCH3 is 1. The van der Waals surface area contributed by atoms with Crippen LogP contribution in [-0.2, 0) is 6.54 Å². The molecule has 1 heterocycles. The molecule has 102 valence electrons. The summed E-state index contributed by atoms with van der Waals surface area (Å²) in [5.74, 6) is 0.826. The number of hydrogen-bond acceptors (Lipinski definition) is 4. The summed E-state index contributed by atoms with van der Waals surface area (Å²) in [5, 5.41) is 0. The lowest BCUT2D eigenvalue weighted by Crippen LogP contribution is -2.20. The Morgan fingerprint density at radius 1 is 1.37 bits per heavy atom. The highest BCUT2D eigenvalue weighted by atomic mass is 16.5. The highest BCUT2D eigenvalue weighted by molar-refractivity contribution is 5.60. The molecule has 0 amide bonds. The predicted molar refractivity (Wildman–Crippen MR) is 76.4 cm³/mol. The molecule has 2 N–H and O–H groups in total. The van der Waals surface area contributed by atoms with Crippen molar-refractivity contribution in [2.75, 3.05) is 19.1 Å². The van der Waals surface area contributed by atoms with Crippen molar-refractivity contribution in [1.29, 1.82) is 0 Å². The van der Waals surface area contributed by atoms with Gasteiger partial charge < -0.3 is 19.8 Å². The molecule has 0 unspecified atom stereocenters. The van der Waals surface area contributed by atoms with Crippen molar-refractivity contribution in [2.45, 2.75) is 19.5 Å². The highest BCUT2D eigenvalue weighted by Crippen LogP contribution is 2.33. The largest absolute Gasteiger partial charge is 0.496 e. The van der Waals surface area contributed by atoms with Gasteiger partial charge in [-0.3, -0.25) is 0 Å². The molecule has 0 spiro atoms. The zero-order valence-corrected chi connectivity index (χ0v) is 11.6. The second-order valence-corrected chi connectivity index (χ2v) is 4.67. The lowest BCUT2D eigenvalue weighted by molar-refractivity contribution is 0.407. The molecule has 0 aliphatic heterocycles. The minimum atomic E-state index is -0.0852. The van der Waals surface area contributed by atoms with E-state index in [4.69, 9.17) is 14.9 Å². The van der Waals surface area contributed by atoms with E-state index in [0.29, 0.717) is 0 Å². The van der Waals surface area contributed by atoms with Crippen molar-refractivity contribution in [3.63, 3.8) is 0 Å². The van der Waals surface area contributed by atoms with Crippen molar-refractivity contribution in [2.24, 2.45) is 5.73 Å². The van der Waals surface area contributed by atoms with Crippen LogP contribution in [0.2, 0.25) is 0 Å². The van der Waals surface area contributed by atoms with Gasteiger partial charge in [-0.25, -0.2) is 0 Å². The van der Waals surface area contributed by atoms with Gasteiger partial charge in [0.25, 0.3) is 0 Å². The third-order valence-electron chi connectivity index (χ3n) is 3.13. The van der Waals surface area contributed by atoms with Gasteiger partial charge in [0.05, 0.1) is 19.6 Å². The van der Waals surface area contributed by atoms with Crippen molar-refractivity contribution >= 4 is 5.69 Å². The lowest BCUT2D eigenvalue weighted by atomic mass is 10.0. The molecule has 2 rings (SSSR count). The summed E-state index contributed by atoms with van der Waals surface area (Å²) in [6.07, 6.45) is 3.43. The lowest BCUT2D eigenvalue weighted by Gasteiger charge is -2.25. The van der Waals surface area contributed by atoms with Crippen molar-refractivity contribution in [3.05, 3.63) is 47.9 Å². The van der Waals surface area contributed by atoms with E-state index in [2.05, 4.69) is 11.0 Å². The normalized spacial score (nSPS) is 12.2. The molecule has 0 bridgehead atoms. The van der Waals surface area contributed by atoms with Gasteiger partial charge in [0.1, 0.15) is 5.75 Å². The predicted octanol–water partition coefficient (Wildman–Crippen LogP) is 2.94. The van der Waals surface area contributed by atoms with Crippen molar-refractivity contribution in [3.8, 4) is 5.75 Å². The van der Waals surface area contributed by atoms with Gasteiger partial charge in [0.15, 0.2) is 0 Å². The Kier molecular flexibility index (Phi) is 4.12. The van der Waals surface area contributed by atoms with Crippen LogP contribution in [-0.4, -0.2) is 14.2 Å². The maximum atomic E-state index is 6.08. The standard InChI is InChI=1S/C15H20N2O2/c1-11(16)15-13(5-4-6-14(15)18-3)17(2)9-12-7-8-19-10-12/h4-8,10-11H,9,16H2,1-3H3/t11-/m0/s1. The van der Waals surface area contributed by atoms with Crippen LogP contribution in [0, 0.1) is 0 Å². The number of anilines is 1. The van der Waals surface area contributed by atoms with Gasteiger partial charge >= 0.3 is 0 Å². The molecule has 4 heteroatoms. The van der Waals surface area contributed by atoms with Crippen LogP contribution in [0.1, 0.15) is 24.1 Å². The molecule has 1 atom stereocenters. The molecule has 0 saturated carbocycles. The Hall–Kier alpha value is -1.94. The summed E-state index contributed by atoms with van der Waals surface area (Å²) in [5.41, 5.74) is 9.31. The number of ether oxygens (including phenoxy) is 1. The van der Waals surface area contributed by atoms with Gasteiger partial charge in [-0.2, -0.15) is 0 Å². The van der Waals surface area contributed by atoms with E-state index < -0.39 is 0 Å². The van der Waals surface area contributed by atoms with E-state index in [-0.39, 0.29) is 6.04 Å². The van der Waals surface area contributed by atoms with Crippen LogP contribution in [0.3, 0.4) is 0 Å². The summed E-state index contributed by atoms with van der Waals surface area (Å²) in [7, 11) is 3.70. The first-order chi connectivity index (χ1) is 9.13. The van der Waals surface area contributed by atoms with Crippen LogP contribution in [0.5, 0.6) is 5.75 Å². The summed E-state index contributed by atoms with van der Waals surface area (Å²) in [4.78, 5) is 2.14. The molecule has 2 aromatic rings. The summed E-state index contributed by atoms with van der Waals surface area (Å²) in [6.45, 7) is 2.73. The maximum absolute atomic E-state index is 6.08. The summed E-state index contributed by atoms with van der Waals surface area (Å²) in [6, 6.07) is 7.85. The van der Waals surface area contributed by atoms with Crippen molar-refractivity contribution in [1.82, 2.24) is 0 Å². The van der Waals surface area contributed by atoms with Crippen LogP contribution in [0.15, 0.2) is 41.2 Å². The molecule has 0 fully saturated rings. The first kappa shape index (κ1) is 13.5. The Labute approximate surface area is 113 Å². The number of rotatable bonds is 5. The zero-order valence-electron chi connectivity index (χ0n) is 11.6. The molecule has 0 radical (unpaired) electrons. The minimum absolute atomic E-state index is 0.0852. The van der Waals surface area contributed by atoms with Gasteiger partial charge in [-0.15, -0.1) is 0 Å². The number of nitrogens with two attached hydrogens (primary N) is 1. The van der Waals surface area contributed by atoms with Gasteiger partial charge in [-0.1, -0.05) is 6.07 Å². The topological polar surface area (TPSA) is 51.6 Å². The van der Waals surface area contributed by atoms with E-state index in [1.165, 1.54) is 0 Å². The first-order valence-corrected chi connectivity index (χ1v) is 6.28. The molecule has 0 aliphatic rings. The van der Waals surface area contributed by atoms with E-state index in [1.807, 2.05) is 32.2 Å². The number of benzene rings is 1. The third kappa shape index (κ3) is 2.90. The van der Waals surface area contributed by atoms with E-state index in [9.17, 15) is 0 Å². The third-order valence-corrected chi connectivity index (χ3v) is 3.13. The monoisotopic (exact) mass is 260 g/mol. The van der Waals surface area contributed by atoms with E-state index >= 15 is 0 Å². The SMILES string of the molecule is COc1cccc(N(C)Cc2ccoc2)c1[C@H](C)N. The fourth-order valence-corrected chi connectivity index (χ4v) is 2.24. The second-order valence-electron chi connectivity index (χ2n) is 4.67. The fourth-order valence-electron chi connectivity index (χ4n) is 2.24. The maximum Gasteiger partial charge on any atom is 0.125 e. The smallest absolute Gasteiger partial charge is 0.125 e. The molecule has 0 saturated heterocycles. The molecule has 1 aromatic heterocycles. The Balaban J connectivity index is 2.32. The Morgan fingerprint density at radius 3 is 2.74 bits per heavy atom. The molecular weight excluding hydrogens is 240 g/mol. The van der Waals surface area contributed by atoms with Gasteiger partial charge in [-0.05, 0) is 25.1 Å². The van der Waals surface area contributed by atoms with Crippen LogP contribution in [0.4, 0.5) is 5.69 Å². The van der Waals surface area contributed by atoms with E-state index in [1.54, 1.807) is 19.6 Å². The summed E-state index contributed by atoms with van der Waals surface area (Å²) < 4.78 is 10.5. The van der Waals surface area contributed by atoms with Gasteiger partial charge in [0.2, 0.25) is 0 Å². The Morgan fingerprint density at radius 2 is 2.16 bits per heavy atom. The molecular formula is C15H20N2O2.